The van der Waals surface area contributed by atoms with Crippen LogP contribution in [0.2, 0.25) is 0 Å². The maximum absolute atomic E-state index is 12.7. The summed E-state index contributed by atoms with van der Waals surface area (Å²) in [5.74, 6) is -0.0309. The molecule has 0 spiro atoms. The van der Waals surface area contributed by atoms with Gasteiger partial charge in [0.15, 0.2) is 0 Å². The van der Waals surface area contributed by atoms with Gasteiger partial charge in [-0.2, -0.15) is 4.31 Å². The Morgan fingerprint density at radius 1 is 1.00 bits per heavy atom. The van der Waals surface area contributed by atoms with Gasteiger partial charge in [0.05, 0.1) is 4.90 Å². The van der Waals surface area contributed by atoms with Gasteiger partial charge >= 0.3 is 0 Å². The molecule has 2 heterocycles. The minimum absolute atomic E-state index is 0.0309. The Bertz CT molecular complexity index is 722. The summed E-state index contributed by atoms with van der Waals surface area (Å²) >= 11 is 0. The maximum Gasteiger partial charge on any atom is 0.253 e. The third-order valence-corrected chi connectivity index (χ3v) is 7.20. The van der Waals surface area contributed by atoms with Gasteiger partial charge in [0.1, 0.15) is 0 Å². The summed E-state index contributed by atoms with van der Waals surface area (Å²) < 4.78 is 31.8. The van der Waals surface area contributed by atoms with E-state index < -0.39 is 10.0 Å². The highest BCUT2D eigenvalue weighted by Crippen LogP contribution is 2.21. The summed E-state index contributed by atoms with van der Waals surface area (Å²) in [4.78, 5) is 17.2. The molecule has 2 saturated heterocycles. The van der Waals surface area contributed by atoms with Gasteiger partial charge in [-0.1, -0.05) is 0 Å². The van der Waals surface area contributed by atoms with Crippen molar-refractivity contribution in [2.75, 3.05) is 59.5 Å². The molecule has 1 amide bonds. The fourth-order valence-corrected chi connectivity index (χ4v) is 5.15. The lowest BCUT2D eigenvalue weighted by molar-refractivity contribution is 0.0624. The zero-order valence-corrected chi connectivity index (χ0v) is 16.8. The van der Waals surface area contributed by atoms with Crippen LogP contribution >= 0.6 is 0 Å². The Hall–Kier alpha value is -1.48. The van der Waals surface area contributed by atoms with Crippen LogP contribution in [0.25, 0.3) is 0 Å². The Morgan fingerprint density at radius 3 is 2.22 bits per heavy atom. The Balaban J connectivity index is 1.57. The molecule has 3 rings (SSSR count). The molecule has 8 heteroatoms. The third-order valence-electron chi connectivity index (χ3n) is 5.29. The number of rotatable bonds is 7. The van der Waals surface area contributed by atoms with Crippen molar-refractivity contribution < 1.29 is 17.9 Å². The number of nitrogens with zero attached hydrogens (tertiary/aromatic N) is 3. The molecule has 0 saturated carbocycles. The summed E-state index contributed by atoms with van der Waals surface area (Å²) in [6.07, 6.45) is 2.82. The molecule has 0 N–H and O–H groups in total. The average molecular weight is 396 g/mol. The standard InChI is InChI=1S/C19H29N3O4S/c1-26-16-4-9-20-12-14-21(15-13-20)19(23)17-5-7-18(8-6-17)27(24,25)22-10-2-3-11-22/h5-8H,2-4,9-16H2,1H3. The first-order valence-corrected chi connectivity index (χ1v) is 11.1. The van der Waals surface area contributed by atoms with Crippen molar-refractivity contribution in [1.82, 2.24) is 14.1 Å². The van der Waals surface area contributed by atoms with Crippen LogP contribution in [-0.2, 0) is 14.8 Å². The van der Waals surface area contributed by atoms with Crippen LogP contribution in [0.3, 0.4) is 0 Å². The fraction of sp³-hybridized carbons (Fsp3) is 0.632. The number of piperazine rings is 1. The van der Waals surface area contributed by atoms with Gasteiger partial charge < -0.3 is 9.64 Å². The monoisotopic (exact) mass is 395 g/mol. The zero-order valence-electron chi connectivity index (χ0n) is 16.0. The first kappa shape index (κ1) is 20.3. The highest BCUT2D eigenvalue weighted by Gasteiger charge is 2.28. The lowest BCUT2D eigenvalue weighted by Crippen LogP contribution is -2.48. The van der Waals surface area contributed by atoms with Crippen LogP contribution in [0.4, 0.5) is 0 Å². The summed E-state index contributed by atoms with van der Waals surface area (Å²) in [5.41, 5.74) is 0.545. The van der Waals surface area contributed by atoms with Gasteiger partial charge in [0.2, 0.25) is 10.0 Å². The number of benzene rings is 1. The first-order valence-electron chi connectivity index (χ1n) is 9.63. The van der Waals surface area contributed by atoms with E-state index in [0.29, 0.717) is 31.7 Å². The molecule has 0 unspecified atom stereocenters. The fourth-order valence-electron chi connectivity index (χ4n) is 3.64. The minimum atomic E-state index is -3.43. The number of carbonyl (C=O) groups is 1. The SMILES string of the molecule is COCCCN1CCN(C(=O)c2ccc(S(=O)(=O)N3CCCC3)cc2)CC1. The molecule has 150 valence electrons. The molecule has 0 bridgehead atoms. The third kappa shape index (κ3) is 4.87. The first-order chi connectivity index (χ1) is 13.0. The second-order valence-electron chi connectivity index (χ2n) is 7.12. The van der Waals surface area contributed by atoms with E-state index in [1.807, 2.05) is 4.90 Å². The Morgan fingerprint density at radius 2 is 1.63 bits per heavy atom. The lowest BCUT2D eigenvalue weighted by Gasteiger charge is -2.34. The van der Waals surface area contributed by atoms with Crippen LogP contribution in [0.15, 0.2) is 29.2 Å². The van der Waals surface area contributed by atoms with Gasteiger partial charge in [-0.3, -0.25) is 9.69 Å². The van der Waals surface area contributed by atoms with Crippen molar-refractivity contribution in [1.29, 1.82) is 0 Å². The van der Waals surface area contributed by atoms with E-state index in [-0.39, 0.29) is 10.8 Å². The molecule has 0 atom stereocenters. The number of methoxy groups -OCH3 is 1. The molecule has 1 aromatic carbocycles. The summed E-state index contributed by atoms with van der Waals surface area (Å²) in [6, 6.07) is 6.39. The van der Waals surface area contributed by atoms with E-state index in [1.165, 1.54) is 4.31 Å². The van der Waals surface area contributed by atoms with E-state index in [1.54, 1.807) is 31.4 Å². The van der Waals surface area contributed by atoms with Crippen molar-refractivity contribution in [3.8, 4) is 0 Å². The quantitative estimate of drug-likeness (QED) is 0.650. The highest BCUT2D eigenvalue weighted by atomic mass is 32.2. The van der Waals surface area contributed by atoms with Crippen LogP contribution in [-0.4, -0.2) is 88.0 Å². The van der Waals surface area contributed by atoms with Gasteiger partial charge in [0, 0.05) is 65.1 Å². The predicted molar refractivity (Wildman–Crippen MR) is 103 cm³/mol. The largest absolute Gasteiger partial charge is 0.385 e. The molecule has 2 aliphatic heterocycles. The number of ether oxygens (including phenoxy) is 1. The van der Waals surface area contributed by atoms with E-state index in [0.717, 1.165) is 45.5 Å². The molecule has 1 aromatic rings. The summed E-state index contributed by atoms with van der Waals surface area (Å²) in [7, 11) is -1.73. The number of hydrogen-bond acceptors (Lipinski definition) is 5. The van der Waals surface area contributed by atoms with Crippen molar-refractivity contribution in [2.45, 2.75) is 24.2 Å². The Kier molecular flexibility index (Phi) is 6.86. The molecule has 0 aliphatic carbocycles. The van der Waals surface area contributed by atoms with Crippen LogP contribution in [0.5, 0.6) is 0 Å². The number of amides is 1. The highest BCUT2D eigenvalue weighted by molar-refractivity contribution is 7.89. The van der Waals surface area contributed by atoms with Crippen molar-refractivity contribution in [2.24, 2.45) is 0 Å². The average Bonchev–Trinajstić information content (AvgIpc) is 3.24. The normalized spacial score (nSPS) is 19.5. The van der Waals surface area contributed by atoms with Gasteiger partial charge in [-0.05, 0) is 43.5 Å². The van der Waals surface area contributed by atoms with Crippen LogP contribution in [0, 0.1) is 0 Å². The maximum atomic E-state index is 12.7. The molecular weight excluding hydrogens is 366 g/mol. The van der Waals surface area contributed by atoms with Crippen molar-refractivity contribution in [3.63, 3.8) is 0 Å². The smallest absolute Gasteiger partial charge is 0.253 e. The molecule has 27 heavy (non-hydrogen) atoms. The second kappa shape index (κ2) is 9.14. The van der Waals surface area contributed by atoms with Crippen molar-refractivity contribution >= 4 is 15.9 Å². The number of sulfonamides is 1. The van der Waals surface area contributed by atoms with E-state index in [9.17, 15) is 13.2 Å². The van der Waals surface area contributed by atoms with E-state index in [2.05, 4.69) is 4.90 Å². The van der Waals surface area contributed by atoms with Crippen molar-refractivity contribution in [3.05, 3.63) is 29.8 Å². The van der Waals surface area contributed by atoms with E-state index >= 15 is 0 Å². The molecule has 0 radical (unpaired) electrons. The zero-order chi connectivity index (χ0) is 19.3. The van der Waals surface area contributed by atoms with E-state index in [4.69, 9.17) is 4.74 Å². The molecule has 2 fully saturated rings. The van der Waals surface area contributed by atoms with Crippen LogP contribution in [0.1, 0.15) is 29.6 Å². The van der Waals surface area contributed by atoms with Gasteiger partial charge in [-0.15, -0.1) is 0 Å². The predicted octanol–water partition coefficient (Wildman–Crippen LogP) is 1.27. The topological polar surface area (TPSA) is 70.2 Å². The van der Waals surface area contributed by atoms with Gasteiger partial charge in [0.25, 0.3) is 5.91 Å². The van der Waals surface area contributed by atoms with Gasteiger partial charge in [-0.25, -0.2) is 8.42 Å². The molecular formula is C19H29N3O4S. The minimum Gasteiger partial charge on any atom is -0.385 e. The summed E-state index contributed by atoms with van der Waals surface area (Å²) in [6.45, 7) is 6.01. The Labute approximate surface area is 161 Å². The number of carbonyl (C=O) groups excluding carboxylic acids is 1. The van der Waals surface area contributed by atoms with Crippen LogP contribution < -0.4 is 0 Å². The number of hydrogen-bond donors (Lipinski definition) is 0. The molecule has 2 aliphatic rings. The molecule has 0 aromatic heterocycles. The summed E-state index contributed by atoms with van der Waals surface area (Å²) in [5, 5.41) is 0. The lowest BCUT2D eigenvalue weighted by atomic mass is 10.2. The molecule has 7 nitrogen and oxygen atoms in total. The second-order valence-corrected chi connectivity index (χ2v) is 9.05.